The average molecular weight is 285 g/mol. The van der Waals surface area contributed by atoms with Crippen molar-refractivity contribution in [2.45, 2.75) is 36.9 Å². The maximum absolute atomic E-state index is 11.6. The third-order valence-corrected chi connectivity index (χ3v) is 3.75. The Bertz CT molecular complexity index is 607. The van der Waals surface area contributed by atoms with E-state index < -0.39 is 0 Å². The lowest BCUT2D eigenvalue weighted by Crippen LogP contribution is -2.17. The average Bonchev–Trinajstić information content (AvgIpc) is 2.67. The van der Waals surface area contributed by atoms with Crippen molar-refractivity contribution in [2.24, 2.45) is 0 Å². The van der Waals surface area contributed by atoms with E-state index in [1.807, 2.05) is 13.8 Å². The van der Waals surface area contributed by atoms with Gasteiger partial charge in [0.15, 0.2) is 5.16 Å². The van der Waals surface area contributed by atoms with Crippen LogP contribution in [-0.2, 0) is 6.54 Å². The fourth-order valence-electron chi connectivity index (χ4n) is 1.49. The van der Waals surface area contributed by atoms with E-state index in [-0.39, 0.29) is 5.69 Å². The number of hydrogen-bond donors (Lipinski definition) is 1. The van der Waals surface area contributed by atoms with Crippen LogP contribution in [0, 0.1) is 6.92 Å². The summed E-state index contributed by atoms with van der Waals surface area (Å²) in [6.07, 6.45) is 2.59. The van der Waals surface area contributed by atoms with Gasteiger partial charge in [-0.15, -0.1) is 5.10 Å². The molecule has 0 atom stereocenters. The minimum Gasteiger partial charge on any atom is -0.270 e. The maximum Gasteiger partial charge on any atom is 0.343 e. The van der Waals surface area contributed by atoms with E-state index in [4.69, 9.17) is 11.6 Å². The summed E-state index contributed by atoms with van der Waals surface area (Å²) >= 11 is 7.28. The van der Waals surface area contributed by atoms with E-state index >= 15 is 0 Å². The monoisotopic (exact) mass is 284 g/mol. The molecule has 0 saturated carbocycles. The molecule has 2 aromatic heterocycles. The van der Waals surface area contributed by atoms with Gasteiger partial charge < -0.3 is 0 Å². The van der Waals surface area contributed by atoms with Gasteiger partial charge in [0.25, 0.3) is 0 Å². The SMILES string of the molecule is CCCn1c(Sc2cc(Cl)ncc2C)n[nH]c1=O. The van der Waals surface area contributed by atoms with Gasteiger partial charge in [0, 0.05) is 17.6 Å². The predicted molar refractivity (Wildman–Crippen MR) is 71.2 cm³/mol. The lowest BCUT2D eigenvalue weighted by atomic mass is 10.3. The fraction of sp³-hybridized carbons (Fsp3) is 0.364. The third kappa shape index (κ3) is 2.76. The van der Waals surface area contributed by atoms with E-state index in [1.165, 1.54) is 11.8 Å². The fourth-order valence-corrected chi connectivity index (χ4v) is 2.67. The molecule has 5 nitrogen and oxygen atoms in total. The molecule has 96 valence electrons. The van der Waals surface area contributed by atoms with Crippen molar-refractivity contribution in [3.05, 3.63) is 33.5 Å². The third-order valence-electron chi connectivity index (χ3n) is 2.39. The van der Waals surface area contributed by atoms with Crippen LogP contribution in [0.15, 0.2) is 27.1 Å². The Balaban J connectivity index is 2.34. The number of rotatable bonds is 4. The summed E-state index contributed by atoms with van der Waals surface area (Å²) in [7, 11) is 0. The van der Waals surface area contributed by atoms with Crippen molar-refractivity contribution in [2.75, 3.05) is 0 Å². The Kier molecular flexibility index (Phi) is 4.08. The first kappa shape index (κ1) is 13.2. The molecule has 0 amide bonds. The molecular weight excluding hydrogens is 272 g/mol. The summed E-state index contributed by atoms with van der Waals surface area (Å²) in [4.78, 5) is 16.5. The van der Waals surface area contributed by atoms with Gasteiger partial charge in [-0.3, -0.25) is 4.57 Å². The van der Waals surface area contributed by atoms with Crippen LogP contribution in [-0.4, -0.2) is 19.7 Å². The number of nitrogens with zero attached hydrogens (tertiary/aromatic N) is 3. The van der Waals surface area contributed by atoms with Crippen LogP contribution in [0.25, 0.3) is 0 Å². The van der Waals surface area contributed by atoms with Crippen molar-refractivity contribution in [1.29, 1.82) is 0 Å². The summed E-state index contributed by atoms with van der Waals surface area (Å²) in [5.74, 6) is 0. The second-order valence-electron chi connectivity index (χ2n) is 3.84. The number of aromatic amines is 1. The van der Waals surface area contributed by atoms with E-state index in [0.29, 0.717) is 16.9 Å². The molecule has 1 N–H and O–H groups in total. The molecule has 0 fully saturated rings. The summed E-state index contributed by atoms with van der Waals surface area (Å²) in [6, 6.07) is 1.77. The zero-order valence-electron chi connectivity index (χ0n) is 10.1. The van der Waals surface area contributed by atoms with Crippen LogP contribution >= 0.6 is 23.4 Å². The molecule has 2 heterocycles. The minimum absolute atomic E-state index is 0.183. The largest absolute Gasteiger partial charge is 0.343 e. The Morgan fingerprint density at radius 2 is 2.33 bits per heavy atom. The molecule has 0 spiro atoms. The van der Waals surface area contributed by atoms with Gasteiger partial charge in [0.2, 0.25) is 0 Å². The minimum atomic E-state index is -0.183. The second kappa shape index (κ2) is 5.58. The molecule has 0 aromatic carbocycles. The number of H-pyrrole nitrogens is 1. The number of aryl methyl sites for hydroxylation is 1. The second-order valence-corrected chi connectivity index (χ2v) is 5.23. The highest BCUT2D eigenvalue weighted by atomic mass is 35.5. The molecule has 18 heavy (non-hydrogen) atoms. The van der Waals surface area contributed by atoms with Gasteiger partial charge in [-0.25, -0.2) is 14.9 Å². The van der Waals surface area contributed by atoms with E-state index in [1.54, 1.807) is 16.8 Å². The van der Waals surface area contributed by atoms with E-state index in [9.17, 15) is 4.79 Å². The first-order valence-electron chi connectivity index (χ1n) is 5.57. The number of pyridine rings is 1. The molecular formula is C11H13ClN4OS. The highest BCUT2D eigenvalue weighted by Gasteiger charge is 2.11. The predicted octanol–water partition coefficient (Wildman–Crippen LogP) is 2.49. The highest BCUT2D eigenvalue weighted by molar-refractivity contribution is 7.99. The first-order chi connectivity index (χ1) is 8.61. The lowest BCUT2D eigenvalue weighted by Gasteiger charge is -2.06. The van der Waals surface area contributed by atoms with Crippen molar-refractivity contribution in [1.82, 2.24) is 19.7 Å². The van der Waals surface area contributed by atoms with Crippen LogP contribution in [0.4, 0.5) is 0 Å². The smallest absolute Gasteiger partial charge is 0.270 e. The van der Waals surface area contributed by atoms with Crippen LogP contribution in [0.3, 0.4) is 0 Å². The zero-order valence-corrected chi connectivity index (χ0v) is 11.7. The van der Waals surface area contributed by atoms with Gasteiger partial charge in [0.1, 0.15) is 5.15 Å². The number of hydrogen-bond acceptors (Lipinski definition) is 4. The quantitative estimate of drug-likeness (QED) is 0.876. The van der Waals surface area contributed by atoms with Crippen LogP contribution in [0.5, 0.6) is 0 Å². The first-order valence-corrected chi connectivity index (χ1v) is 6.76. The van der Waals surface area contributed by atoms with Gasteiger partial charge in [-0.05, 0) is 36.7 Å². The van der Waals surface area contributed by atoms with Crippen molar-refractivity contribution in [3.63, 3.8) is 0 Å². The topological polar surface area (TPSA) is 63.6 Å². The van der Waals surface area contributed by atoms with Gasteiger partial charge in [0.05, 0.1) is 0 Å². The Labute approximate surface area is 114 Å². The molecule has 0 saturated heterocycles. The maximum atomic E-state index is 11.6. The number of aromatic nitrogens is 4. The van der Waals surface area contributed by atoms with E-state index in [2.05, 4.69) is 15.2 Å². The molecule has 0 radical (unpaired) electrons. The Morgan fingerprint density at radius 3 is 3.06 bits per heavy atom. The van der Waals surface area contributed by atoms with Crippen LogP contribution in [0.2, 0.25) is 5.15 Å². The molecule has 0 aliphatic carbocycles. The normalized spacial score (nSPS) is 10.8. The summed E-state index contributed by atoms with van der Waals surface area (Å²) < 4.78 is 1.62. The Morgan fingerprint density at radius 1 is 1.56 bits per heavy atom. The lowest BCUT2D eigenvalue weighted by molar-refractivity contribution is 0.604. The van der Waals surface area contributed by atoms with Gasteiger partial charge in [-0.2, -0.15) is 0 Å². The van der Waals surface area contributed by atoms with Crippen molar-refractivity contribution >= 4 is 23.4 Å². The van der Waals surface area contributed by atoms with Crippen molar-refractivity contribution in [3.8, 4) is 0 Å². The van der Waals surface area contributed by atoms with E-state index in [0.717, 1.165) is 16.9 Å². The van der Waals surface area contributed by atoms with Crippen LogP contribution < -0.4 is 5.69 Å². The summed E-state index contributed by atoms with van der Waals surface area (Å²) in [6.45, 7) is 4.61. The summed E-state index contributed by atoms with van der Waals surface area (Å²) in [5, 5.41) is 7.57. The number of halogens is 1. The zero-order chi connectivity index (χ0) is 13.1. The number of nitrogens with one attached hydrogen (secondary N) is 1. The molecule has 0 aliphatic heterocycles. The molecule has 0 unspecified atom stereocenters. The summed E-state index contributed by atoms with van der Waals surface area (Å²) in [5.41, 5.74) is 0.819. The Hall–Kier alpha value is -1.27. The molecule has 7 heteroatoms. The molecule has 0 bridgehead atoms. The highest BCUT2D eigenvalue weighted by Crippen LogP contribution is 2.29. The molecule has 2 rings (SSSR count). The standard InChI is InChI=1S/C11H13ClN4OS/c1-3-4-16-10(17)14-15-11(16)18-8-5-9(12)13-6-7(8)2/h5-6H,3-4H2,1-2H3,(H,14,17). The van der Waals surface area contributed by atoms with Gasteiger partial charge in [-0.1, -0.05) is 18.5 Å². The van der Waals surface area contributed by atoms with Crippen molar-refractivity contribution < 1.29 is 0 Å². The van der Waals surface area contributed by atoms with Crippen LogP contribution in [0.1, 0.15) is 18.9 Å². The van der Waals surface area contributed by atoms with Gasteiger partial charge >= 0.3 is 5.69 Å². The molecule has 2 aromatic rings. The molecule has 0 aliphatic rings.